The third kappa shape index (κ3) is 7.30. The van der Waals surface area contributed by atoms with E-state index in [4.69, 9.17) is 10.5 Å². The lowest BCUT2D eigenvalue weighted by atomic mass is 10.1. The first kappa shape index (κ1) is 14.3. The van der Waals surface area contributed by atoms with Crippen molar-refractivity contribution in [2.75, 3.05) is 20.3 Å². The molecular weight excluding hydrogens is 196 g/mol. The number of unbranched alkanes of at least 4 members (excludes halogenated alkanes) is 1. The van der Waals surface area contributed by atoms with Crippen molar-refractivity contribution >= 4 is 5.91 Å². The molecule has 2 atom stereocenters. The summed E-state index contributed by atoms with van der Waals surface area (Å²) in [5, 5.41) is 11.9. The van der Waals surface area contributed by atoms with Crippen LogP contribution in [0.1, 0.15) is 26.2 Å². The number of methoxy groups -OCH3 is 1. The summed E-state index contributed by atoms with van der Waals surface area (Å²) in [6, 6.07) is -0.473. The number of nitrogens with two attached hydrogens (primary N) is 1. The molecule has 0 fully saturated rings. The van der Waals surface area contributed by atoms with Crippen molar-refractivity contribution in [2.24, 2.45) is 5.73 Å². The second-order valence-electron chi connectivity index (χ2n) is 3.60. The van der Waals surface area contributed by atoms with Crippen LogP contribution in [0.2, 0.25) is 0 Å². The second-order valence-corrected chi connectivity index (χ2v) is 3.60. The van der Waals surface area contributed by atoms with Crippen LogP contribution in [-0.4, -0.2) is 43.4 Å². The molecule has 0 aliphatic heterocycles. The Kier molecular flexibility index (Phi) is 8.27. The fourth-order valence-corrected chi connectivity index (χ4v) is 1.16. The average Bonchev–Trinajstić information content (AvgIpc) is 2.22. The molecule has 5 heteroatoms. The molecule has 2 unspecified atom stereocenters. The van der Waals surface area contributed by atoms with Crippen LogP contribution >= 0.6 is 0 Å². The van der Waals surface area contributed by atoms with E-state index in [9.17, 15) is 9.90 Å². The van der Waals surface area contributed by atoms with E-state index in [1.165, 1.54) is 7.11 Å². The summed E-state index contributed by atoms with van der Waals surface area (Å²) < 4.78 is 4.73. The van der Waals surface area contributed by atoms with Gasteiger partial charge in [0.2, 0.25) is 5.91 Å². The molecule has 0 aliphatic carbocycles. The third-order valence-corrected chi connectivity index (χ3v) is 2.08. The Labute approximate surface area is 91.0 Å². The number of carbonyl (C=O) groups is 1. The highest BCUT2D eigenvalue weighted by atomic mass is 16.5. The van der Waals surface area contributed by atoms with E-state index in [-0.39, 0.29) is 19.1 Å². The third-order valence-electron chi connectivity index (χ3n) is 2.08. The normalized spacial score (nSPS) is 14.7. The highest BCUT2D eigenvalue weighted by molar-refractivity contribution is 5.81. The van der Waals surface area contributed by atoms with Gasteiger partial charge in [-0.3, -0.25) is 4.79 Å². The molecule has 0 aromatic rings. The number of nitrogens with one attached hydrogen (secondary N) is 1. The number of aliphatic hydroxyl groups excluding tert-OH is 1. The zero-order chi connectivity index (χ0) is 11.7. The molecule has 0 radical (unpaired) electrons. The Morgan fingerprint density at radius 1 is 1.60 bits per heavy atom. The number of amides is 1. The fraction of sp³-hybridized carbons (Fsp3) is 0.900. The summed E-state index contributed by atoms with van der Waals surface area (Å²) in [5.41, 5.74) is 5.64. The van der Waals surface area contributed by atoms with Crippen LogP contribution in [-0.2, 0) is 9.53 Å². The predicted octanol–water partition coefficient (Wildman–Crippen LogP) is -0.373. The summed E-state index contributed by atoms with van der Waals surface area (Å²) in [5.74, 6) is -0.210. The summed E-state index contributed by atoms with van der Waals surface area (Å²) in [4.78, 5) is 11.4. The van der Waals surface area contributed by atoms with E-state index in [2.05, 4.69) is 5.32 Å². The van der Waals surface area contributed by atoms with Gasteiger partial charge in [0.15, 0.2) is 0 Å². The first-order chi connectivity index (χ1) is 7.11. The monoisotopic (exact) mass is 218 g/mol. The van der Waals surface area contributed by atoms with Gasteiger partial charge in [-0.25, -0.2) is 0 Å². The smallest absolute Gasteiger partial charge is 0.237 e. The predicted molar refractivity (Wildman–Crippen MR) is 58.4 cm³/mol. The molecule has 5 nitrogen and oxygen atoms in total. The van der Waals surface area contributed by atoms with Crippen molar-refractivity contribution in [3.63, 3.8) is 0 Å². The van der Waals surface area contributed by atoms with Crippen LogP contribution in [0.4, 0.5) is 0 Å². The van der Waals surface area contributed by atoms with Crippen molar-refractivity contribution < 1.29 is 14.6 Å². The standard InChI is InChI=1S/C10H22N2O3/c1-3-4-5-9(11)10(14)12-6-8(13)7-15-2/h8-9,13H,3-7,11H2,1-2H3,(H,12,14). The van der Waals surface area contributed by atoms with Gasteiger partial charge in [-0.15, -0.1) is 0 Å². The molecule has 0 rings (SSSR count). The molecule has 90 valence electrons. The zero-order valence-corrected chi connectivity index (χ0v) is 9.53. The van der Waals surface area contributed by atoms with E-state index in [1.54, 1.807) is 0 Å². The van der Waals surface area contributed by atoms with Crippen molar-refractivity contribution in [1.29, 1.82) is 0 Å². The highest BCUT2D eigenvalue weighted by Crippen LogP contribution is 1.97. The molecule has 15 heavy (non-hydrogen) atoms. The Morgan fingerprint density at radius 2 is 2.27 bits per heavy atom. The van der Waals surface area contributed by atoms with Crippen molar-refractivity contribution in [1.82, 2.24) is 5.32 Å². The molecule has 0 aliphatic rings. The lowest BCUT2D eigenvalue weighted by molar-refractivity contribution is -0.123. The summed E-state index contributed by atoms with van der Waals surface area (Å²) in [6.07, 6.45) is 1.97. The van der Waals surface area contributed by atoms with E-state index in [0.717, 1.165) is 12.8 Å². The number of ether oxygens (including phenoxy) is 1. The van der Waals surface area contributed by atoms with Gasteiger partial charge in [-0.1, -0.05) is 19.8 Å². The topological polar surface area (TPSA) is 84.6 Å². The molecule has 0 aromatic heterocycles. The molecule has 1 amide bonds. The number of hydrogen-bond donors (Lipinski definition) is 3. The summed E-state index contributed by atoms with van der Waals surface area (Å²) in [6.45, 7) is 2.45. The molecule has 0 aromatic carbocycles. The maximum atomic E-state index is 11.4. The van der Waals surface area contributed by atoms with E-state index in [0.29, 0.717) is 6.42 Å². The van der Waals surface area contributed by atoms with Crippen LogP contribution in [0.15, 0.2) is 0 Å². The minimum atomic E-state index is -0.669. The Hall–Kier alpha value is -0.650. The molecule has 0 spiro atoms. The van der Waals surface area contributed by atoms with Crippen molar-refractivity contribution in [3.05, 3.63) is 0 Å². The fourth-order valence-electron chi connectivity index (χ4n) is 1.16. The van der Waals surface area contributed by atoms with E-state index >= 15 is 0 Å². The van der Waals surface area contributed by atoms with Gasteiger partial charge in [-0.2, -0.15) is 0 Å². The summed E-state index contributed by atoms with van der Waals surface area (Å²) >= 11 is 0. The van der Waals surface area contributed by atoms with Gasteiger partial charge >= 0.3 is 0 Å². The molecule has 4 N–H and O–H groups in total. The lowest BCUT2D eigenvalue weighted by Gasteiger charge is -2.14. The molecule has 0 saturated heterocycles. The maximum Gasteiger partial charge on any atom is 0.237 e. The molecular formula is C10H22N2O3. The number of carbonyl (C=O) groups excluding carboxylic acids is 1. The summed E-state index contributed by atoms with van der Waals surface area (Å²) in [7, 11) is 1.50. The average molecular weight is 218 g/mol. The van der Waals surface area contributed by atoms with Crippen LogP contribution in [0, 0.1) is 0 Å². The Balaban J connectivity index is 3.63. The van der Waals surface area contributed by atoms with Gasteiger partial charge in [0.05, 0.1) is 18.8 Å². The van der Waals surface area contributed by atoms with Crippen molar-refractivity contribution in [2.45, 2.75) is 38.3 Å². The molecule has 0 heterocycles. The minimum absolute atomic E-state index is 0.187. The highest BCUT2D eigenvalue weighted by Gasteiger charge is 2.13. The lowest BCUT2D eigenvalue weighted by Crippen LogP contribution is -2.44. The SMILES string of the molecule is CCCCC(N)C(=O)NCC(O)COC. The van der Waals surface area contributed by atoms with Crippen LogP contribution in [0.3, 0.4) is 0 Å². The van der Waals surface area contributed by atoms with Crippen LogP contribution < -0.4 is 11.1 Å². The zero-order valence-electron chi connectivity index (χ0n) is 9.53. The van der Waals surface area contributed by atoms with Gasteiger partial charge in [0, 0.05) is 13.7 Å². The minimum Gasteiger partial charge on any atom is -0.389 e. The van der Waals surface area contributed by atoms with Gasteiger partial charge < -0.3 is 20.9 Å². The number of hydrogen-bond acceptors (Lipinski definition) is 4. The van der Waals surface area contributed by atoms with Gasteiger partial charge in [0.25, 0.3) is 0 Å². The largest absolute Gasteiger partial charge is 0.389 e. The first-order valence-corrected chi connectivity index (χ1v) is 5.32. The van der Waals surface area contributed by atoms with Gasteiger partial charge in [0.1, 0.15) is 0 Å². The molecule has 0 bridgehead atoms. The van der Waals surface area contributed by atoms with Crippen LogP contribution in [0.5, 0.6) is 0 Å². The quantitative estimate of drug-likeness (QED) is 0.519. The Bertz CT molecular complexity index is 176. The van der Waals surface area contributed by atoms with E-state index < -0.39 is 12.1 Å². The number of aliphatic hydroxyl groups is 1. The van der Waals surface area contributed by atoms with Crippen LogP contribution in [0.25, 0.3) is 0 Å². The number of rotatable bonds is 8. The Morgan fingerprint density at radius 3 is 2.80 bits per heavy atom. The van der Waals surface area contributed by atoms with Gasteiger partial charge in [-0.05, 0) is 6.42 Å². The molecule has 0 saturated carbocycles. The van der Waals surface area contributed by atoms with E-state index in [1.807, 2.05) is 6.92 Å². The van der Waals surface area contributed by atoms with Crippen molar-refractivity contribution in [3.8, 4) is 0 Å². The maximum absolute atomic E-state index is 11.4. The first-order valence-electron chi connectivity index (χ1n) is 5.32. The second kappa shape index (κ2) is 8.64.